The molecular weight excluding hydrogens is 320 g/mol. The molecule has 23 heavy (non-hydrogen) atoms. The summed E-state index contributed by atoms with van der Waals surface area (Å²) in [6.07, 6.45) is 1.13. The summed E-state index contributed by atoms with van der Waals surface area (Å²) in [5.41, 5.74) is 1.28. The van der Waals surface area contributed by atoms with Gasteiger partial charge in [0.2, 0.25) is 0 Å². The Hall–Kier alpha value is -1.78. The number of fused-ring (bicyclic) bond motifs is 1. The van der Waals surface area contributed by atoms with Gasteiger partial charge in [0.25, 0.3) is 0 Å². The fraction of sp³-hybridized carbons (Fsp3) is 0.211. The molecule has 1 aromatic heterocycles. The Morgan fingerprint density at radius 1 is 1.09 bits per heavy atom. The van der Waals surface area contributed by atoms with Crippen molar-refractivity contribution < 1.29 is 0 Å². The molecule has 0 saturated carbocycles. The number of rotatable bonds is 4. The van der Waals surface area contributed by atoms with Gasteiger partial charge in [0.05, 0.1) is 0 Å². The number of nitrogens with zero attached hydrogens (tertiary/aromatic N) is 1. The Kier molecular flexibility index (Phi) is 4.35. The molecule has 1 aliphatic rings. The van der Waals surface area contributed by atoms with Crippen LogP contribution in [-0.2, 0) is 5.75 Å². The summed E-state index contributed by atoms with van der Waals surface area (Å²) in [5, 5.41) is 8.26. The van der Waals surface area contributed by atoms with Gasteiger partial charge in [-0.1, -0.05) is 36.4 Å². The van der Waals surface area contributed by atoms with E-state index in [-0.39, 0.29) is 0 Å². The van der Waals surface area contributed by atoms with Gasteiger partial charge in [0.15, 0.2) is 0 Å². The summed E-state index contributed by atoms with van der Waals surface area (Å²) >= 11 is 3.74. The van der Waals surface area contributed by atoms with Crippen molar-refractivity contribution in [2.75, 3.05) is 13.1 Å². The second kappa shape index (κ2) is 6.77. The van der Waals surface area contributed by atoms with Gasteiger partial charge >= 0.3 is 0 Å². The summed E-state index contributed by atoms with van der Waals surface area (Å²) in [7, 11) is 0. The number of benzene rings is 2. The van der Waals surface area contributed by atoms with Crippen molar-refractivity contribution in [2.24, 2.45) is 4.99 Å². The van der Waals surface area contributed by atoms with Crippen LogP contribution in [0, 0.1) is 0 Å². The van der Waals surface area contributed by atoms with Gasteiger partial charge < -0.3 is 5.32 Å². The number of thioether (sulfide) groups is 1. The van der Waals surface area contributed by atoms with E-state index >= 15 is 0 Å². The Bertz CT molecular complexity index is 846. The van der Waals surface area contributed by atoms with E-state index in [0.29, 0.717) is 0 Å². The molecule has 0 amide bonds. The number of aliphatic imine (C=N–C) groups is 1. The number of nitrogens with one attached hydrogen (secondary N) is 1. The molecular formula is C19H18N2S2. The number of hydrogen-bond donors (Lipinski definition) is 1. The highest BCUT2D eigenvalue weighted by molar-refractivity contribution is 7.98. The third-order valence-electron chi connectivity index (χ3n) is 4.01. The molecule has 2 heterocycles. The Balaban J connectivity index is 1.58. The zero-order chi connectivity index (χ0) is 15.5. The van der Waals surface area contributed by atoms with Crippen LogP contribution in [0.3, 0.4) is 0 Å². The molecule has 0 spiro atoms. The predicted octanol–water partition coefficient (Wildman–Crippen LogP) is 4.93. The zero-order valence-corrected chi connectivity index (χ0v) is 14.4. The van der Waals surface area contributed by atoms with Crippen LogP contribution in [0.1, 0.15) is 16.9 Å². The van der Waals surface area contributed by atoms with Crippen molar-refractivity contribution in [3.8, 4) is 0 Å². The summed E-state index contributed by atoms with van der Waals surface area (Å²) in [4.78, 5) is 7.39. The molecule has 2 nitrogen and oxygen atoms in total. The van der Waals surface area contributed by atoms with Gasteiger partial charge in [-0.05, 0) is 34.7 Å². The van der Waals surface area contributed by atoms with E-state index < -0.39 is 0 Å². The maximum absolute atomic E-state index is 4.64. The minimum Gasteiger partial charge on any atom is -0.370 e. The SMILES string of the molecule is c1ccc2c(SCc3sccc3C3=NCCCN3)cccc2c1. The van der Waals surface area contributed by atoms with Crippen LogP contribution in [0.25, 0.3) is 10.8 Å². The molecule has 0 fully saturated rings. The topological polar surface area (TPSA) is 24.4 Å². The van der Waals surface area contributed by atoms with Crippen LogP contribution in [0.15, 0.2) is 63.8 Å². The van der Waals surface area contributed by atoms with E-state index in [2.05, 4.69) is 64.2 Å². The number of thiophene rings is 1. The maximum Gasteiger partial charge on any atom is 0.129 e. The summed E-state index contributed by atoms with van der Waals surface area (Å²) in [6, 6.07) is 17.3. The Morgan fingerprint density at radius 2 is 2.00 bits per heavy atom. The molecule has 4 heteroatoms. The molecule has 0 radical (unpaired) electrons. The van der Waals surface area contributed by atoms with Crippen LogP contribution in [0.5, 0.6) is 0 Å². The lowest BCUT2D eigenvalue weighted by molar-refractivity contribution is 0.742. The van der Waals surface area contributed by atoms with Gasteiger partial charge in [0, 0.05) is 34.2 Å². The van der Waals surface area contributed by atoms with Crippen LogP contribution in [-0.4, -0.2) is 18.9 Å². The molecule has 1 N–H and O–H groups in total. The second-order valence-corrected chi connectivity index (χ2v) is 7.55. The lowest BCUT2D eigenvalue weighted by Crippen LogP contribution is -2.30. The fourth-order valence-corrected chi connectivity index (χ4v) is 4.91. The molecule has 1 aliphatic heterocycles. The first-order valence-corrected chi connectivity index (χ1v) is 9.74. The van der Waals surface area contributed by atoms with E-state index in [9.17, 15) is 0 Å². The average molecular weight is 339 g/mol. The van der Waals surface area contributed by atoms with Crippen molar-refractivity contribution in [1.29, 1.82) is 0 Å². The predicted molar refractivity (Wildman–Crippen MR) is 102 cm³/mol. The van der Waals surface area contributed by atoms with Crippen LogP contribution in [0.2, 0.25) is 0 Å². The first kappa shape index (κ1) is 14.8. The minimum atomic E-state index is 0.939. The van der Waals surface area contributed by atoms with E-state index in [1.165, 1.54) is 26.1 Å². The molecule has 0 saturated heterocycles. The van der Waals surface area contributed by atoms with E-state index in [4.69, 9.17) is 0 Å². The first-order valence-electron chi connectivity index (χ1n) is 7.87. The molecule has 0 bridgehead atoms. The van der Waals surface area contributed by atoms with Crippen molar-refractivity contribution in [1.82, 2.24) is 5.32 Å². The summed E-state index contributed by atoms with van der Waals surface area (Å²) in [6.45, 7) is 1.97. The largest absolute Gasteiger partial charge is 0.370 e. The maximum atomic E-state index is 4.64. The normalized spacial score (nSPS) is 14.5. The van der Waals surface area contributed by atoms with Gasteiger partial charge in [-0.25, -0.2) is 0 Å². The average Bonchev–Trinajstić information content (AvgIpc) is 3.09. The smallest absolute Gasteiger partial charge is 0.129 e. The van der Waals surface area contributed by atoms with Crippen LogP contribution in [0.4, 0.5) is 0 Å². The Labute approximate surface area is 144 Å². The zero-order valence-electron chi connectivity index (χ0n) is 12.8. The fourth-order valence-electron chi connectivity index (χ4n) is 2.84. The van der Waals surface area contributed by atoms with Gasteiger partial charge in [-0.2, -0.15) is 0 Å². The lowest BCUT2D eigenvalue weighted by atomic mass is 10.1. The van der Waals surface area contributed by atoms with Crippen molar-refractivity contribution in [2.45, 2.75) is 17.1 Å². The van der Waals surface area contributed by atoms with Crippen molar-refractivity contribution >= 4 is 39.7 Å². The molecule has 116 valence electrons. The summed E-state index contributed by atoms with van der Waals surface area (Å²) in [5.74, 6) is 2.06. The third kappa shape index (κ3) is 3.14. The van der Waals surface area contributed by atoms with Gasteiger partial charge in [0.1, 0.15) is 5.84 Å². The molecule has 3 aromatic rings. The van der Waals surface area contributed by atoms with E-state index in [1.54, 1.807) is 0 Å². The highest BCUT2D eigenvalue weighted by Crippen LogP contribution is 2.32. The molecule has 0 atom stereocenters. The number of hydrogen-bond acceptors (Lipinski definition) is 4. The van der Waals surface area contributed by atoms with Crippen LogP contribution >= 0.6 is 23.1 Å². The first-order chi connectivity index (χ1) is 11.4. The van der Waals surface area contributed by atoms with Gasteiger partial charge in [-0.3, -0.25) is 4.99 Å². The standard InChI is InChI=1S/C19H18N2S2/c1-2-7-15-14(5-1)6-3-8-17(15)23-13-18-16(9-12-22-18)19-20-10-4-11-21-19/h1-3,5-9,12H,4,10-11,13H2,(H,20,21). The monoisotopic (exact) mass is 338 g/mol. The second-order valence-electron chi connectivity index (χ2n) is 5.53. The molecule has 0 aliphatic carbocycles. The van der Waals surface area contributed by atoms with Crippen molar-refractivity contribution in [3.63, 3.8) is 0 Å². The lowest BCUT2D eigenvalue weighted by Gasteiger charge is -2.15. The Morgan fingerprint density at radius 3 is 2.91 bits per heavy atom. The summed E-state index contributed by atoms with van der Waals surface area (Å²) < 4.78 is 0. The van der Waals surface area contributed by atoms with Gasteiger partial charge in [-0.15, -0.1) is 23.1 Å². The minimum absolute atomic E-state index is 0.939. The third-order valence-corrected chi connectivity index (χ3v) is 6.21. The molecule has 4 rings (SSSR count). The molecule has 2 aromatic carbocycles. The highest BCUT2D eigenvalue weighted by Gasteiger charge is 2.13. The highest BCUT2D eigenvalue weighted by atomic mass is 32.2. The number of amidine groups is 1. The van der Waals surface area contributed by atoms with Crippen molar-refractivity contribution in [3.05, 3.63) is 64.4 Å². The van der Waals surface area contributed by atoms with Crippen LogP contribution < -0.4 is 5.32 Å². The molecule has 0 unspecified atom stereocenters. The quantitative estimate of drug-likeness (QED) is 0.682. The van der Waals surface area contributed by atoms with E-state index in [1.807, 2.05) is 23.1 Å². The van der Waals surface area contributed by atoms with E-state index in [0.717, 1.165) is 31.1 Å².